The maximum atomic E-state index is 12.4. The molecule has 1 amide bonds. The molecule has 26 heavy (non-hydrogen) atoms. The highest BCUT2D eigenvalue weighted by Crippen LogP contribution is 2.30. The second-order valence-electron chi connectivity index (χ2n) is 8.33. The highest BCUT2D eigenvalue weighted by atomic mass is 16.2. The fraction of sp³-hybridized carbons (Fsp3) is 0.682. The molecule has 0 bridgehead atoms. The Labute approximate surface area is 157 Å². The molecule has 3 aliphatic heterocycles. The molecule has 4 heteroatoms. The van der Waals surface area contributed by atoms with E-state index in [4.69, 9.17) is 0 Å². The lowest BCUT2D eigenvalue weighted by atomic mass is 9.83. The van der Waals surface area contributed by atoms with Crippen LogP contribution in [0.3, 0.4) is 0 Å². The van der Waals surface area contributed by atoms with Crippen LogP contribution in [0.25, 0.3) is 0 Å². The monoisotopic (exact) mass is 355 g/mol. The molecule has 3 heterocycles. The number of nitrogens with one attached hydrogen (secondary N) is 1. The first-order valence-corrected chi connectivity index (χ1v) is 10.6. The lowest BCUT2D eigenvalue weighted by molar-refractivity contribution is 0.0593. The van der Waals surface area contributed by atoms with Crippen LogP contribution in [0.2, 0.25) is 0 Å². The van der Waals surface area contributed by atoms with Gasteiger partial charge in [0, 0.05) is 31.2 Å². The van der Waals surface area contributed by atoms with Crippen molar-refractivity contribution in [3.63, 3.8) is 0 Å². The zero-order valence-corrected chi connectivity index (χ0v) is 16.0. The number of rotatable bonds is 5. The van der Waals surface area contributed by atoms with Gasteiger partial charge in [-0.3, -0.25) is 4.79 Å². The van der Waals surface area contributed by atoms with E-state index in [0.29, 0.717) is 0 Å². The molecule has 0 spiro atoms. The molecule has 3 aliphatic rings. The molecule has 4 nitrogen and oxygen atoms in total. The van der Waals surface area contributed by atoms with E-state index < -0.39 is 0 Å². The smallest absolute Gasteiger partial charge is 0.253 e. The van der Waals surface area contributed by atoms with Crippen molar-refractivity contribution in [1.29, 1.82) is 0 Å². The van der Waals surface area contributed by atoms with Gasteiger partial charge in [-0.15, -0.1) is 0 Å². The number of nitrogens with zero attached hydrogens (tertiary/aromatic N) is 2. The average molecular weight is 356 g/mol. The Morgan fingerprint density at radius 2 is 1.65 bits per heavy atom. The Kier molecular flexibility index (Phi) is 5.91. The molecule has 2 atom stereocenters. The van der Waals surface area contributed by atoms with E-state index in [0.717, 1.165) is 56.5 Å². The average Bonchev–Trinajstić information content (AvgIpc) is 3.23. The van der Waals surface area contributed by atoms with Crippen molar-refractivity contribution >= 4 is 5.91 Å². The topological polar surface area (TPSA) is 35.6 Å². The van der Waals surface area contributed by atoms with Crippen LogP contribution < -0.4 is 5.32 Å². The number of hydrogen-bond acceptors (Lipinski definition) is 3. The molecule has 0 aromatic heterocycles. The van der Waals surface area contributed by atoms with Crippen molar-refractivity contribution in [1.82, 2.24) is 15.1 Å². The second kappa shape index (κ2) is 8.53. The van der Waals surface area contributed by atoms with Gasteiger partial charge in [0.25, 0.3) is 5.91 Å². The third kappa shape index (κ3) is 4.12. The highest BCUT2D eigenvalue weighted by Gasteiger charge is 2.32. The van der Waals surface area contributed by atoms with E-state index in [1.54, 1.807) is 0 Å². The summed E-state index contributed by atoms with van der Waals surface area (Å²) in [5, 5.41) is 3.69. The second-order valence-corrected chi connectivity index (χ2v) is 8.33. The van der Waals surface area contributed by atoms with E-state index in [1.807, 2.05) is 17.0 Å². The summed E-state index contributed by atoms with van der Waals surface area (Å²) in [7, 11) is 0. The third-order valence-corrected chi connectivity index (χ3v) is 6.56. The van der Waals surface area contributed by atoms with Gasteiger partial charge in [0.2, 0.25) is 0 Å². The number of carbonyl (C=O) groups excluding carboxylic acids is 1. The molecule has 0 unspecified atom stereocenters. The molecule has 3 saturated heterocycles. The van der Waals surface area contributed by atoms with E-state index in [1.165, 1.54) is 50.8 Å². The van der Waals surface area contributed by atoms with Gasteiger partial charge in [0.15, 0.2) is 0 Å². The van der Waals surface area contributed by atoms with Gasteiger partial charge < -0.3 is 15.1 Å². The minimum atomic E-state index is 0.196. The third-order valence-electron chi connectivity index (χ3n) is 6.56. The van der Waals surface area contributed by atoms with Gasteiger partial charge in [-0.25, -0.2) is 0 Å². The fourth-order valence-corrected chi connectivity index (χ4v) is 5.09. The van der Waals surface area contributed by atoms with Crippen LogP contribution in [0.1, 0.15) is 60.9 Å². The standard InChI is InChI=1S/C22H33N3O/c26-22(25-13-3-4-14-25)19-10-8-18(9-11-19)16-23-17-20-6-5-15-24-12-2-1-7-21(20)24/h8-11,20-21,23H,1-7,12-17H2/t20-,21+/m0/s1. The summed E-state index contributed by atoms with van der Waals surface area (Å²) in [6.45, 7) is 6.49. The van der Waals surface area contributed by atoms with Gasteiger partial charge in [-0.05, 0) is 81.8 Å². The molecule has 0 radical (unpaired) electrons. The minimum absolute atomic E-state index is 0.196. The number of carbonyl (C=O) groups is 1. The van der Waals surface area contributed by atoms with E-state index in [-0.39, 0.29) is 5.91 Å². The first kappa shape index (κ1) is 18.0. The molecule has 1 aromatic carbocycles. The fourth-order valence-electron chi connectivity index (χ4n) is 5.09. The van der Waals surface area contributed by atoms with Crippen LogP contribution in [0, 0.1) is 5.92 Å². The van der Waals surface area contributed by atoms with E-state index in [2.05, 4.69) is 22.3 Å². The Morgan fingerprint density at radius 1 is 0.923 bits per heavy atom. The zero-order chi connectivity index (χ0) is 17.8. The normalized spacial score (nSPS) is 26.7. The molecule has 142 valence electrons. The predicted octanol–water partition coefficient (Wildman–Crippen LogP) is 3.28. The van der Waals surface area contributed by atoms with Crippen LogP contribution in [0.5, 0.6) is 0 Å². The SMILES string of the molecule is O=C(c1ccc(CNC[C@@H]2CCCN3CCCC[C@H]23)cc1)N1CCCC1. The molecule has 1 aromatic rings. The van der Waals surface area contributed by atoms with Crippen LogP contribution in [-0.2, 0) is 6.54 Å². The lowest BCUT2D eigenvalue weighted by Gasteiger charge is -2.44. The Morgan fingerprint density at radius 3 is 2.46 bits per heavy atom. The van der Waals surface area contributed by atoms with Gasteiger partial charge >= 0.3 is 0 Å². The number of benzene rings is 1. The molecule has 4 rings (SSSR count). The summed E-state index contributed by atoms with van der Waals surface area (Å²) in [6, 6.07) is 9.04. The Bertz CT molecular complexity index is 592. The number of likely N-dealkylation sites (tertiary alicyclic amines) is 1. The van der Waals surface area contributed by atoms with Crippen molar-refractivity contribution in [2.24, 2.45) is 5.92 Å². The van der Waals surface area contributed by atoms with Crippen molar-refractivity contribution in [2.45, 2.75) is 57.5 Å². The molecular formula is C22H33N3O. The van der Waals surface area contributed by atoms with Crippen LogP contribution in [0.15, 0.2) is 24.3 Å². The van der Waals surface area contributed by atoms with Gasteiger partial charge in [-0.2, -0.15) is 0 Å². The van der Waals surface area contributed by atoms with Crippen LogP contribution in [-0.4, -0.2) is 54.5 Å². The maximum Gasteiger partial charge on any atom is 0.253 e. The Hall–Kier alpha value is -1.39. The quantitative estimate of drug-likeness (QED) is 0.880. The molecule has 1 N–H and O–H groups in total. The van der Waals surface area contributed by atoms with E-state index in [9.17, 15) is 4.79 Å². The highest BCUT2D eigenvalue weighted by molar-refractivity contribution is 5.94. The molecule has 0 saturated carbocycles. The molecular weight excluding hydrogens is 322 g/mol. The van der Waals surface area contributed by atoms with Crippen molar-refractivity contribution in [3.05, 3.63) is 35.4 Å². The zero-order valence-electron chi connectivity index (χ0n) is 16.0. The first-order valence-electron chi connectivity index (χ1n) is 10.6. The van der Waals surface area contributed by atoms with E-state index >= 15 is 0 Å². The molecule has 3 fully saturated rings. The number of hydrogen-bond donors (Lipinski definition) is 1. The van der Waals surface area contributed by atoms with Crippen LogP contribution >= 0.6 is 0 Å². The number of amides is 1. The number of fused-ring (bicyclic) bond motifs is 1. The Balaban J connectivity index is 1.26. The van der Waals surface area contributed by atoms with Crippen LogP contribution in [0.4, 0.5) is 0 Å². The largest absolute Gasteiger partial charge is 0.339 e. The summed E-state index contributed by atoms with van der Waals surface area (Å²) in [5.74, 6) is 1.00. The summed E-state index contributed by atoms with van der Waals surface area (Å²) < 4.78 is 0. The summed E-state index contributed by atoms with van der Waals surface area (Å²) in [5.41, 5.74) is 2.11. The summed E-state index contributed by atoms with van der Waals surface area (Å²) in [6.07, 6.45) is 9.21. The van der Waals surface area contributed by atoms with Gasteiger partial charge in [0.1, 0.15) is 0 Å². The summed E-state index contributed by atoms with van der Waals surface area (Å²) >= 11 is 0. The minimum Gasteiger partial charge on any atom is -0.339 e. The lowest BCUT2D eigenvalue weighted by Crippen LogP contribution is -2.50. The van der Waals surface area contributed by atoms with Crippen molar-refractivity contribution in [2.75, 3.05) is 32.7 Å². The van der Waals surface area contributed by atoms with Gasteiger partial charge in [0.05, 0.1) is 0 Å². The maximum absolute atomic E-state index is 12.4. The van der Waals surface area contributed by atoms with Crippen molar-refractivity contribution in [3.8, 4) is 0 Å². The number of piperidine rings is 2. The van der Waals surface area contributed by atoms with Gasteiger partial charge in [-0.1, -0.05) is 18.6 Å². The predicted molar refractivity (Wildman–Crippen MR) is 105 cm³/mol. The molecule has 0 aliphatic carbocycles. The summed E-state index contributed by atoms with van der Waals surface area (Å²) in [4.78, 5) is 17.1. The first-order chi connectivity index (χ1) is 12.8. The van der Waals surface area contributed by atoms with Crippen molar-refractivity contribution < 1.29 is 4.79 Å².